The van der Waals surface area contributed by atoms with Crippen LogP contribution >= 0.6 is 0 Å². The van der Waals surface area contributed by atoms with E-state index in [1.54, 1.807) is 38.1 Å². The van der Waals surface area contributed by atoms with Crippen LogP contribution in [0.2, 0.25) is 0 Å². The molecular formula is C17H24N2O5. The number of carbonyl (C=O) groups excluding carboxylic acids is 2. The first-order valence-corrected chi connectivity index (χ1v) is 7.67. The van der Waals surface area contributed by atoms with E-state index in [0.717, 1.165) is 0 Å². The molecule has 0 spiro atoms. The molecular weight excluding hydrogens is 312 g/mol. The quantitative estimate of drug-likeness (QED) is 0.662. The van der Waals surface area contributed by atoms with Crippen LogP contribution in [0.25, 0.3) is 0 Å². The molecule has 0 fully saturated rings. The molecule has 1 aromatic rings. The van der Waals surface area contributed by atoms with Gasteiger partial charge in [-0.1, -0.05) is 13.8 Å². The number of hydrogen-bond acceptors (Lipinski definition) is 4. The molecule has 0 saturated heterocycles. The van der Waals surface area contributed by atoms with Crippen LogP contribution in [0.1, 0.15) is 50.9 Å². The summed E-state index contributed by atoms with van der Waals surface area (Å²) in [7, 11) is 0. The molecule has 1 rings (SSSR count). The van der Waals surface area contributed by atoms with Crippen LogP contribution in [0.15, 0.2) is 24.3 Å². The average Bonchev–Trinajstić information content (AvgIpc) is 2.42. The Bertz CT molecular complexity index is 594. The minimum Gasteiger partial charge on any atom is -0.491 e. The Morgan fingerprint density at radius 3 is 2.17 bits per heavy atom. The van der Waals surface area contributed by atoms with Gasteiger partial charge < -0.3 is 9.84 Å². The second-order valence-electron chi connectivity index (χ2n) is 6.60. The van der Waals surface area contributed by atoms with Crippen molar-refractivity contribution in [3.8, 4) is 5.75 Å². The van der Waals surface area contributed by atoms with E-state index >= 15 is 0 Å². The predicted molar refractivity (Wildman–Crippen MR) is 88.5 cm³/mol. The summed E-state index contributed by atoms with van der Waals surface area (Å²) in [5.74, 6) is -1.23. The molecule has 0 radical (unpaired) electrons. The smallest absolute Gasteiger partial charge is 0.303 e. The summed E-state index contributed by atoms with van der Waals surface area (Å²) in [5, 5.41) is 8.79. The van der Waals surface area contributed by atoms with Gasteiger partial charge in [-0.15, -0.1) is 0 Å². The molecule has 1 aromatic carbocycles. The van der Waals surface area contributed by atoms with Crippen molar-refractivity contribution in [2.45, 2.75) is 46.6 Å². The van der Waals surface area contributed by atoms with Crippen molar-refractivity contribution in [1.29, 1.82) is 0 Å². The van der Waals surface area contributed by atoms with Crippen LogP contribution in [0.4, 0.5) is 0 Å². The summed E-state index contributed by atoms with van der Waals surface area (Å²) in [6, 6.07) is 6.53. The normalized spacial score (nSPS) is 11.0. The van der Waals surface area contributed by atoms with Gasteiger partial charge in [-0.25, -0.2) is 0 Å². The zero-order chi connectivity index (χ0) is 18.3. The van der Waals surface area contributed by atoms with E-state index < -0.39 is 23.2 Å². The Morgan fingerprint density at radius 1 is 1.08 bits per heavy atom. The maximum absolute atomic E-state index is 12.0. The number of carboxylic acid groups (broad SMARTS) is 1. The third-order valence-electron chi connectivity index (χ3n) is 3.07. The van der Waals surface area contributed by atoms with E-state index in [1.165, 1.54) is 0 Å². The van der Waals surface area contributed by atoms with Gasteiger partial charge in [-0.3, -0.25) is 25.2 Å². The van der Waals surface area contributed by atoms with Gasteiger partial charge in [0.1, 0.15) is 5.75 Å². The molecule has 0 atom stereocenters. The molecule has 24 heavy (non-hydrogen) atoms. The lowest BCUT2D eigenvalue weighted by atomic mass is 9.85. The third kappa shape index (κ3) is 7.13. The minimum absolute atomic E-state index is 0.0131. The van der Waals surface area contributed by atoms with Gasteiger partial charge in [0.15, 0.2) is 0 Å². The second-order valence-corrected chi connectivity index (χ2v) is 6.60. The molecule has 0 bridgehead atoms. The van der Waals surface area contributed by atoms with Gasteiger partial charge in [0.2, 0.25) is 5.91 Å². The predicted octanol–water partition coefficient (Wildman–Crippen LogP) is 2.13. The third-order valence-corrected chi connectivity index (χ3v) is 3.07. The lowest BCUT2D eigenvalue weighted by Crippen LogP contribution is -2.43. The zero-order valence-corrected chi connectivity index (χ0v) is 14.4. The molecule has 7 nitrogen and oxygen atoms in total. The topological polar surface area (TPSA) is 105 Å². The van der Waals surface area contributed by atoms with E-state index in [2.05, 4.69) is 10.9 Å². The molecule has 0 aliphatic heterocycles. The second kappa shape index (κ2) is 8.33. The van der Waals surface area contributed by atoms with Crippen LogP contribution in [0, 0.1) is 5.41 Å². The number of ether oxygens (including phenoxy) is 1. The summed E-state index contributed by atoms with van der Waals surface area (Å²) in [6.45, 7) is 7.16. The van der Waals surface area contributed by atoms with Crippen LogP contribution in [0.5, 0.6) is 5.75 Å². The van der Waals surface area contributed by atoms with Crippen molar-refractivity contribution < 1.29 is 24.2 Å². The lowest BCUT2D eigenvalue weighted by Gasteiger charge is -2.21. The van der Waals surface area contributed by atoms with Crippen molar-refractivity contribution in [1.82, 2.24) is 10.9 Å². The monoisotopic (exact) mass is 336 g/mol. The van der Waals surface area contributed by atoms with E-state index in [4.69, 9.17) is 9.84 Å². The average molecular weight is 336 g/mol. The van der Waals surface area contributed by atoms with Gasteiger partial charge in [0.25, 0.3) is 5.91 Å². The molecule has 0 aromatic heterocycles. The molecule has 0 aliphatic carbocycles. The summed E-state index contributed by atoms with van der Waals surface area (Å²) in [6.07, 6.45) is -0.106. The highest BCUT2D eigenvalue weighted by atomic mass is 16.5. The SMILES string of the molecule is CC(C)Oc1ccc(C(=O)NNC(=O)CC(C)(C)CC(=O)O)cc1. The van der Waals surface area contributed by atoms with Gasteiger partial charge in [0, 0.05) is 12.0 Å². The van der Waals surface area contributed by atoms with Crippen LogP contribution in [0.3, 0.4) is 0 Å². The molecule has 0 heterocycles. The Balaban J connectivity index is 2.50. The fraction of sp³-hybridized carbons (Fsp3) is 0.471. The molecule has 0 aliphatic rings. The van der Waals surface area contributed by atoms with Crippen LogP contribution in [-0.4, -0.2) is 29.0 Å². The molecule has 2 amide bonds. The van der Waals surface area contributed by atoms with Crippen molar-refractivity contribution in [2.75, 3.05) is 0 Å². The van der Waals surface area contributed by atoms with Crippen molar-refractivity contribution in [3.05, 3.63) is 29.8 Å². The summed E-state index contributed by atoms with van der Waals surface area (Å²) < 4.78 is 5.48. The number of benzene rings is 1. The molecule has 3 N–H and O–H groups in total. The number of hydrogen-bond donors (Lipinski definition) is 3. The van der Waals surface area contributed by atoms with E-state index in [-0.39, 0.29) is 18.9 Å². The minimum atomic E-state index is -0.972. The number of nitrogens with one attached hydrogen (secondary N) is 2. The zero-order valence-electron chi connectivity index (χ0n) is 14.4. The number of aliphatic carboxylic acids is 1. The standard InChI is InChI=1S/C17H24N2O5/c1-11(2)24-13-7-5-12(6-8-13)16(23)19-18-14(20)9-17(3,4)10-15(21)22/h5-8,11H,9-10H2,1-4H3,(H,18,20)(H,19,23)(H,21,22). The first-order chi connectivity index (χ1) is 11.1. The molecule has 0 saturated carbocycles. The number of rotatable bonds is 7. The van der Waals surface area contributed by atoms with E-state index in [9.17, 15) is 14.4 Å². The summed E-state index contributed by atoms with van der Waals surface area (Å²) >= 11 is 0. The summed E-state index contributed by atoms with van der Waals surface area (Å²) in [5.41, 5.74) is 4.28. The molecule has 132 valence electrons. The molecule has 7 heteroatoms. The maximum Gasteiger partial charge on any atom is 0.303 e. The number of hydrazine groups is 1. The van der Waals surface area contributed by atoms with Gasteiger partial charge in [-0.05, 0) is 43.5 Å². The van der Waals surface area contributed by atoms with Gasteiger partial charge >= 0.3 is 5.97 Å². The largest absolute Gasteiger partial charge is 0.491 e. The summed E-state index contributed by atoms with van der Waals surface area (Å²) in [4.78, 5) is 34.5. The van der Waals surface area contributed by atoms with Gasteiger partial charge in [-0.2, -0.15) is 0 Å². The first-order valence-electron chi connectivity index (χ1n) is 7.67. The highest BCUT2D eigenvalue weighted by molar-refractivity contribution is 5.95. The Morgan fingerprint density at radius 2 is 1.67 bits per heavy atom. The number of carbonyl (C=O) groups is 3. The fourth-order valence-corrected chi connectivity index (χ4v) is 2.11. The molecule has 0 unspecified atom stereocenters. The number of amides is 2. The highest BCUT2D eigenvalue weighted by Crippen LogP contribution is 2.24. The van der Waals surface area contributed by atoms with E-state index in [0.29, 0.717) is 11.3 Å². The Labute approximate surface area is 141 Å². The van der Waals surface area contributed by atoms with Crippen LogP contribution < -0.4 is 15.6 Å². The van der Waals surface area contributed by atoms with Crippen molar-refractivity contribution in [2.24, 2.45) is 5.41 Å². The lowest BCUT2D eigenvalue weighted by molar-refractivity contribution is -0.139. The van der Waals surface area contributed by atoms with Crippen LogP contribution in [-0.2, 0) is 9.59 Å². The maximum atomic E-state index is 12.0. The highest BCUT2D eigenvalue weighted by Gasteiger charge is 2.25. The van der Waals surface area contributed by atoms with Crippen molar-refractivity contribution >= 4 is 17.8 Å². The van der Waals surface area contributed by atoms with Gasteiger partial charge in [0.05, 0.1) is 12.5 Å². The van der Waals surface area contributed by atoms with Crippen molar-refractivity contribution in [3.63, 3.8) is 0 Å². The van der Waals surface area contributed by atoms with E-state index in [1.807, 2.05) is 13.8 Å². The first kappa shape index (κ1) is 19.5. The Hall–Kier alpha value is -2.57. The number of carboxylic acids is 1. The fourth-order valence-electron chi connectivity index (χ4n) is 2.11. The Kier molecular flexibility index (Phi) is 6.76.